The Morgan fingerprint density at radius 3 is 2.61 bits per heavy atom. The molecule has 0 aliphatic carbocycles. The largest absolute Gasteiger partial charge is 0.462 e. The number of carbonyl (C=O) groups excluding carboxylic acids is 2. The van der Waals surface area contributed by atoms with E-state index >= 15 is 0 Å². The Labute approximate surface area is 107 Å². The first-order valence-corrected chi connectivity index (χ1v) is 5.89. The molecule has 0 bridgehead atoms. The van der Waals surface area contributed by atoms with Crippen molar-refractivity contribution in [3.05, 3.63) is 36.8 Å². The SMILES string of the molecule is [CH2]CCCCOC(=O)c1ccccc1OC(C)=O. The second-order valence-corrected chi connectivity index (χ2v) is 3.79. The van der Waals surface area contributed by atoms with Gasteiger partial charge < -0.3 is 9.47 Å². The standard InChI is InChI=1S/C14H17O4/c1-3-4-7-10-17-14(16)12-8-5-6-9-13(12)18-11(2)15/h5-6,8-9H,1,3-4,7,10H2,2H3. The van der Waals surface area contributed by atoms with Crippen molar-refractivity contribution < 1.29 is 19.1 Å². The van der Waals surface area contributed by atoms with Crippen molar-refractivity contribution in [1.29, 1.82) is 0 Å². The number of carbonyl (C=O) groups is 2. The molecule has 0 unspecified atom stereocenters. The highest BCUT2D eigenvalue weighted by Crippen LogP contribution is 2.19. The minimum absolute atomic E-state index is 0.229. The van der Waals surface area contributed by atoms with Crippen LogP contribution in [0.1, 0.15) is 36.5 Å². The first-order valence-electron chi connectivity index (χ1n) is 5.89. The van der Waals surface area contributed by atoms with Gasteiger partial charge in [0.15, 0.2) is 0 Å². The summed E-state index contributed by atoms with van der Waals surface area (Å²) >= 11 is 0. The van der Waals surface area contributed by atoms with Crippen LogP contribution in [0.4, 0.5) is 0 Å². The molecule has 0 saturated heterocycles. The van der Waals surface area contributed by atoms with Crippen molar-refractivity contribution in [3.8, 4) is 5.75 Å². The maximum Gasteiger partial charge on any atom is 0.341 e. The third-order valence-corrected chi connectivity index (χ3v) is 2.24. The van der Waals surface area contributed by atoms with E-state index in [1.807, 2.05) is 0 Å². The van der Waals surface area contributed by atoms with Gasteiger partial charge in [0.05, 0.1) is 6.61 Å². The summed E-state index contributed by atoms with van der Waals surface area (Å²) in [5.41, 5.74) is 0.266. The fourth-order valence-corrected chi connectivity index (χ4v) is 1.40. The molecule has 0 aromatic heterocycles. The lowest BCUT2D eigenvalue weighted by Gasteiger charge is -2.08. The molecule has 0 heterocycles. The quantitative estimate of drug-likeness (QED) is 0.442. The Balaban J connectivity index is 2.63. The van der Waals surface area contributed by atoms with Gasteiger partial charge in [0.1, 0.15) is 11.3 Å². The van der Waals surface area contributed by atoms with Crippen molar-refractivity contribution >= 4 is 11.9 Å². The Morgan fingerprint density at radius 1 is 1.22 bits per heavy atom. The number of ether oxygens (including phenoxy) is 2. The van der Waals surface area contributed by atoms with Crippen LogP contribution in [-0.4, -0.2) is 18.5 Å². The molecule has 0 atom stereocenters. The highest BCUT2D eigenvalue weighted by Gasteiger charge is 2.14. The van der Waals surface area contributed by atoms with Gasteiger partial charge in [-0.25, -0.2) is 4.79 Å². The van der Waals surface area contributed by atoms with Crippen molar-refractivity contribution in [3.63, 3.8) is 0 Å². The van der Waals surface area contributed by atoms with Gasteiger partial charge in [-0.05, 0) is 18.6 Å². The van der Waals surface area contributed by atoms with Crippen LogP contribution in [0.3, 0.4) is 0 Å². The molecule has 0 aliphatic rings. The Bertz CT molecular complexity index is 412. The average Bonchev–Trinajstić information content (AvgIpc) is 2.34. The minimum Gasteiger partial charge on any atom is -0.462 e. The van der Waals surface area contributed by atoms with E-state index in [9.17, 15) is 9.59 Å². The summed E-state index contributed by atoms with van der Waals surface area (Å²) in [4.78, 5) is 22.7. The minimum atomic E-state index is -0.476. The van der Waals surface area contributed by atoms with E-state index < -0.39 is 11.9 Å². The monoisotopic (exact) mass is 249 g/mol. The second kappa shape index (κ2) is 7.48. The third-order valence-electron chi connectivity index (χ3n) is 2.24. The maximum absolute atomic E-state index is 11.8. The molecule has 0 spiro atoms. The summed E-state index contributed by atoms with van der Waals surface area (Å²) in [5.74, 6) is -0.713. The van der Waals surface area contributed by atoms with E-state index in [-0.39, 0.29) is 11.3 Å². The van der Waals surface area contributed by atoms with Crippen LogP contribution in [0.15, 0.2) is 24.3 Å². The van der Waals surface area contributed by atoms with Crippen molar-refractivity contribution in [1.82, 2.24) is 0 Å². The Morgan fingerprint density at radius 2 is 1.94 bits per heavy atom. The molecule has 1 radical (unpaired) electrons. The molecule has 0 N–H and O–H groups in total. The zero-order valence-electron chi connectivity index (χ0n) is 10.5. The highest BCUT2D eigenvalue weighted by molar-refractivity contribution is 5.93. The average molecular weight is 249 g/mol. The molecular formula is C14H17O4. The van der Waals surface area contributed by atoms with E-state index in [0.29, 0.717) is 6.61 Å². The zero-order chi connectivity index (χ0) is 13.4. The van der Waals surface area contributed by atoms with Gasteiger partial charge in [-0.1, -0.05) is 31.9 Å². The third kappa shape index (κ3) is 4.57. The van der Waals surface area contributed by atoms with E-state index in [0.717, 1.165) is 19.3 Å². The highest BCUT2D eigenvalue weighted by atomic mass is 16.5. The molecule has 97 valence electrons. The van der Waals surface area contributed by atoms with Gasteiger partial charge in [-0.15, -0.1) is 0 Å². The van der Waals surface area contributed by atoms with Crippen LogP contribution in [0.25, 0.3) is 0 Å². The lowest BCUT2D eigenvalue weighted by atomic mass is 10.2. The summed E-state index contributed by atoms with van der Waals surface area (Å²) in [7, 11) is 0. The molecule has 0 saturated carbocycles. The summed E-state index contributed by atoms with van der Waals surface area (Å²) in [6.45, 7) is 5.35. The smallest absolute Gasteiger partial charge is 0.341 e. The van der Waals surface area contributed by atoms with Gasteiger partial charge in [-0.3, -0.25) is 4.79 Å². The van der Waals surface area contributed by atoms with Crippen LogP contribution >= 0.6 is 0 Å². The predicted octanol–water partition coefficient (Wildman–Crippen LogP) is 2.77. The van der Waals surface area contributed by atoms with Crippen LogP contribution in [0.2, 0.25) is 0 Å². The van der Waals surface area contributed by atoms with Crippen LogP contribution in [0.5, 0.6) is 5.75 Å². The topological polar surface area (TPSA) is 52.6 Å². The lowest BCUT2D eigenvalue weighted by Crippen LogP contribution is -2.11. The van der Waals surface area contributed by atoms with Gasteiger partial charge in [-0.2, -0.15) is 0 Å². The molecule has 1 rings (SSSR count). The van der Waals surface area contributed by atoms with Crippen LogP contribution in [0, 0.1) is 6.92 Å². The molecule has 18 heavy (non-hydrogen) atoms. The fraction of sp³-hybridized carbons (Fsp3) is 0.357. The van der Waals surface area contributed by atoms with Gasteiger partial charge in [0, 0.05) is 6.92 Å². The van der Waals surface area contributed by atoms with E-state index in [2.05, 4.69) is 6.92 Å². The molecule has 0 fully saturated rings. The Kier molecular flexibility index (Phi) is 5.91. The molecule has 0 aliphatic heterocycles. The normalized spacial score (nSPS) is 9.89. The molecule has 4 nitrogen and oxygen atoms in total. The first kappa shape index (κ1) is 14.2. The van der Waals surface area contributed by atoms with Crippen molar-refractivity contribution in [2.75, 3.05) is 6.61 Å². The maximum atomic E-state index is 11.8. The molecule has 1 aromatic rings. The van der Waals surface area contributed by atoms with Gasteiger partial charge in [0.2, 0.25) is 0 Å². The van der Waals surface area contributed by atoms with Crippen molar-refractivity contribution in [2.24, 2.45) is 0 Å². The molecular weight excluding hydrogens is 232 g/mol. The van der Waals surface area contributed by atoms with Crippen molar-refractivity contribution in [2.45, 2.75) is 26.2 Å². The van der Waals surface area contributed by atoms with Crippen LogP contribution in [-0.2, 0) is 9.53 Å². The summed E-state index contributed by atoms with van der Waals surface area (Å²) in [5, 5.41) is 0. The predicted molar refractivity (Wildman–Crippen MR) is 67.2 cm³/mol. The molecule has 0 amide bonds. The van der Waals surface area contributed by atoms with E-state index in [1.54, 1.807) is 24.3 Å². The second-order valence-electron chi connectivity index (χ2n) is 3.79. The molecule has 4 heteroatoms. The van der Waals surface area contributed by atoms with Gasteiger partial charge in [0.25, 0.3) is 0 Å². The lowest BCUT2D eigenvalue weighted by molar-refractivity contribution is -0.131. The Hall–Kier alpha value is -1.84. The molecule has 1 aromatic carbocycles. The number of unbranched alkanes of at least 4 members (excludes halogenated alkanes) is 2. The first-order chi connectivity index (χ1) is 8.65. The zero-order valence-corrected chi connectivity index (χ0v) is 10.5. The van der Waals surface area contributed by atoms with Crippen LogP contribution < -0.4 is 4.74 Å². The number of esters is 2. The van der Waals surface area contributed by atoms with E-state index in [1.165, 1.54) is 6.92 Å². The summed E-state index contributed by atoms with van der Waals surface area (Å²) < 4.78 is 10.0. The number of hydrogen-bond acceptors (Lipinski definition) is 4. The number of benzene rings is 1. The van der Waals surface area contributed by atoms with E-state index in [4.69, 9.17) is 9.47 Å². The summed E-state index contributed by atoms with van der Waals surface area (Å²) in [6.07, 6.45) is 2.52. The number of hydrogen-bond donors (Lipinski definition) is 0. The number of para-hydroxylation sites is 1. The fourth-order valence-electron chi connectivity index (χ4n) is 1.40. The summed E-state index contributed by atoms with van der Waals surface area (Å²) in [6, 6.07) is 6.52. The number of rotatable bonds is 6. The van der Waals surface area contributed by atoms with Gasteiger partial charge >= 0.3 is 11.9 Å².